The first-order valence-electron chi connectivity index (χ1n) is 28.7. The van der Waals surface area contributed by atoms with Gasteiger partial charge in [0.05, 0.1) is 0 Å². The standard InChI is InChI=1S/C65H104O6/c1-4-7-10-13-16-19-22-25-28-31-32-35-37-40-43-46-49-52-55-58-64(67)70-61-62(71-65(68)59-56-53-50-47-44-41-38-34-30-27-24-21-18-15-12-9-6-3)60-69-63(66)57-54-51-48-45-42-39-36-33-29-26-23-20-17-14-11-8-5-2/h16-17,19-20,25-30,32,35-36,38-41,43,47,49-50,52,62H,4-15,18,21-24,31,33-34,37,42,44-46,48,51,53-61H2,1-3H3/b19-16-,20-17-,28-25-,29-26-,30-27-,35-32-,39-36-,41-38-,43-40-,50-47-,52-49-/t62-/m0/s1. The normalized spacial score (nSPS) is 13.1. The molecular formula is C65H104O6. The monoisotopic (exact) mass is 981 g/mol. The van der Waals surface area contributed by atoms with Crippen LogP contribution in [0.25, 0.3) is 0 Å². The van der Waals surface area contributed by atoms with Crippen LogP contribution in [-0.2, 0) is 28.6 Å². The van der Waals surface area contributed by atoms with Crippen molar-refractivity contribution in [3.8, 4) is 0 Å². The summed E-state index contributed by atoms with van der Waals surface area (Å²) in [6, 6.07) is 0. The lowest BCUT2D eigenvalue weighted by Gasteiger charge is -2.18. The van der Waals surface area contributed by atoms with Crippen molar-refractivity contribution >= 4 is 17.9 Å². The molecule has 0 spiro atoms. The second-order valence-electron chi connectivity index (χ2n) is 18.5. The lowest BCUT2D eigenvalue weighted by atomic mass is 10.1. The summed E-state index contributed by atoms with van der Waals surface area (Å²) in [6.45, 7) is 6.44. The lowest BCUT2D eigenvalue weighted by molar-refractivity contribution is -0.166. The van der Waals surface area contributed by atoms with Crippen molar-refractivity contribution in [3.63, 3.8) is 0 Å². The molecule has 6 nitrogen and oxygen atoms in total. The molecule has 0 aliphatic rings. The molecule has 0 aromatic heterocycles. The number of carbonyl (C=O) groups is 3. The van der Waals surface area contributed by atoms with Crippen molar-refractivity contribution in [2.45, 2.75) is 245 Å². The van der Waals surface area contributed by atoms with E-state index in [9.17, 15) is 14.4 Å². The van der Waals surface area contributed by atoms with Gasteiger partial charge in [-0.15, -0.1) is 0 Å². The maximum atomic E-state index is 12.8. The molecule has 0 radical (unpaired) electrons. The highest BCUT2D eigenvalue weighted by Crippen LogP contribution is 2.11. The van der Waals surface area contributed by atoms with Gasteiger partial charge in [-0.1, -0.05) is 225 Å². The third kappa shape index (κ3) is 56.3. The Morgan fingerprint density at radius 1 is 0.282 bits per heavy atom. The summed E-state index contributed by atoms with van der Waals surface area (Å²) >= 11 is 0. The van der Waals surface area contributed by atoms with Crippen LogP contribution in [-0.4, -0.2) is 37.2 Å². The summed E-state index contributed by atoms with van der Waals surface area (Å²) in [5.74, 6) is -1.10. The zero-order valence-electron chi connectivity index (χ0n) is 45.7. The Bertz CT molecular complexity index is 1550. The molecule has 0 aromatic rings. The van der Waals surface area contributed by atoms with Crippen LogP contribution in [0.2, 0.25) is 0 Å². The van der Waals surface area contributed by atoms with Crippen molar-refractivity contribution in [3.05, 3.63) is 134 Å². The molecule has 0 N–H and O–H groups in total. The van der Waals surface area contributed by atoms with Gasteiger partial charge in [0.2, 0.25) is 0 Å². The Morgan fingerprint density at radius 3 is 0.944 bits per heavy atom. The fourth-order valence-corrected chi connectivity index (χ4v) is 7.27. The minimum Gasteiger partial charge on any atom is -0.462 e. The summed E-state index contributed by atoms with van der Waals surface area (Å²) in [4.78, 5) is 38.1. The van der Waals surface area contributed by atoms with Crippen LogP contribution in [0.4, 0.5) is 0 Å². The van der Waals surface area contributed by atoms with Gasteiger partial charge >= 0.3 is 17.9 Å². The van der Waals surface area contributed by atoms with E-state index in [-0.39, 0.29) is 38.0 Å². The number of unbranched alkanes of at least 4 members (excludes halogenated alkanes) is 17. The van der Waals surface area contributed by atoms with E-state index in [1.807, 2.05) is 12.2 Å². The van der Waals surface area contributed by atoms with E-state index in [0.29, 0.717) is 19.3 Å². The van der Waals surface area contributed by atoms with E-state index in [0.717, 1.165) is 89.9 Å². The maximum Gasteiger partial charge on any atom is 0.306 e. The molecule has 0 fully saturated rings. The fourth-order valence-electron chi connectivity index (χ4n) is 7.27. The number of carbonyl (C=O) groups excluding carboxylic acids is 3. The lowest BCUT2D eigenvalue weighted by Crippen LogP contribution is -2.30. The minimum atomic E-state index is -0.849. The van der Waals surface area contributed by atoms with Crippen molar-refractivity contribution < 1.29 is 28.6 Å². The van der Waals surface area contributed by atoms with Crippen molar-refractivity contribution in [2.75, 3.05) is 13.2 Å². The molecule has 0 aliphatic carbocycles. The van der Waals surface area contributed by atoms with Crippen LogP contribution < -0.4 is 0 Å². The Morgan fingerprint density at radius 2 is 0.549 bits per heavy atom. The van der Waals surface area contributed by atoms with Crippen molar-refractivity contribution in [1.82, 2.24) is 0 Å². The molecule has 0 aromatic carbocycles. The fraction of sp³-hybridized carbons (Fsp3) is 0.615. The molecular weight excluding hydrogens is 877 g/mol. The van der Waals surface area contributed by atoms with E-state index in [4.69, 9.17) is 14.2 Å². The summed E-state index contributed by atoms with van der Waals surface area (Å²) in [5, 5.41) is 0. The Balaban J connectivity index is 4.64. The molecule has 71 heavy (non-hydrogen) atoms. The van der Waals surface area contributed by atoms with Gasteiger partial charge in [-0.2, -0.15) is 0 Å². The van der Waals surface area contributed by atoms with Crippen LogP contribution in [0, 0.1) is 0 Å². The maximum absolute atomic E-state index is 12.8. The molecule has 0 bridgehead atoms. The van der Waals surface area contributed by atoms with E-state index in [1.54, 1.807) is 0 Å². The highest BCUT2D eigenvalue weighted by Gasteiger charge is 2.19. The summed E-state index contributed by atoms with van der Waals surface area (Å²) in [7, 11) is 0. The Labute approximate surface area is 436 Å². The molecule has 0 aliphatic heterocycles. The first kappa shape index (κ1) is 66.6. The van der Waals surface area contributed by atoms with Gasteiger partial charge in [0.1, 0.15) is 13.2 Å². The average Bonchev–Trinajstić information content (AvgIpc) is 3.37. The van der Waals surface area contributed by atoms with Crippen LogP contribution in [0.3, 0.4) is 0 Å². The number of hydrogen-bond acceptors (Lipinski definition) is 6. The van der Waals surface area contributed by atoms with Gasteiger partial charge in [-0.05, 0) is 128 Å². The van der Waals surface area contributed by atoms with Crippen LogP contribution in [0.1, 0.15) is 239 Å². The van der Waals surface area contributed by atoms with Crippen LogP contribution in [0.5, 0.6) is 0 Å². The first-order chi connectivity index (χ1) is 35.0. The topological polar surface area (TPSA) is 78.9 Å². The number of ether oxygens (including phenoxy) is 3. The molecule has 0 heterocycles. The zero-order valence-corrected chi connectivity index (χ0v) is 45.7. The van der Waals surface area contributed by atoms with Gasteiger partial charge < -0.3 is 14.2 Å². The molecule has 6 heteroatoms. The van der Waals surface area contributed by atoms with Crippen LogP contribution in [0.15, 0.2) is 134 Å². The van der Waals surface area contributed by atoms with E-state index in [1.165, 1.54) is 96.3 Å². The molecule has 1 atom stereocenters. The molecule has 0 saturated heterocycles. The third-order valence-corrected chi connectivity index (χ3v) is 11.6. The van der Waals surface area contributed by atoms with E-state index in [2.05, 4.69) is 142 Å². The molecule has 0 rings (SSSR count). The zero-order chi connectivity index (χ0) is 51.4. The molecule has 0 unspecified atom stereocenters. The van der Waals surface area contributed by atoms with E-state index >= 15 is 0 Å². The minimum absolute atomic E-state index is 0.137. The molecule has 400 valence electrons. The summed E-state index contributed by atoms with van der Waals surface area (Å²) < 4.78 is 16.7. The molecule has 0 saturated carbocycles. The Hall–Kier alpha value is -4.45. The number of esters is 3. The van der Waals surface area contributed by atoms with Crippen LogP contribution >= 0.6 is 0 Å². The number of hydrogen-bond donors (Lipinski definition) is 0. The number of rotatable bonds is 50. The van der Waals surface area contributed by atoms with Crippen molar-refractivity contribution in [2.24, 2.45) is 0 Å². The van der Waals surface area contributed by atoms with Crippen molar-refractivity contribution in [1.29, 1.82) is 0 Å². The average molecular weight is 982 g/mol. The molecule has 0 amide bonds. The Kier molecular flexibility index (Phi) is 54.5. The smallest absolute Gasteiger partial charge is 0.306 e. The predicted octanol–water partition coefficient (Wildman–Crippen LogP) is 19.4. The highest BCUT2D eigenvalue weighted by atomic mass is 16.6. The summed E-state index contributed by atoms with van der Waals surface area (Å²) in [5.41, 5.74) is 0. The first-order valence-corrected chi connectivity index (χ1v) is 28.7. The van der Waals surface area contributed by atoms with Gasteiger partial charge in [-0.25, -0.2) is 0 Å². The van der Waals surface area contributed by atoms with Gasteiger partial charge in [0, 0.05) is 19.3 Å². The largest absolute Gasteiger partial charge is 0.462 e. The van der Waals surface area contributed by atoms with E-state index < -0.39 is 12.1 Å². The predicted molar refractivity (Wildman–Crippen MR) is 306 cm³/mol. The van der Waals surface area contributed by atoms with Gasteiger partial charge in [0.15, 0.2) is 6.10 Å². The summed E-state index contributed by atoms with van der Waals surface area (Å²) in [6.07, 6.45) is 81.7. The quantitative estimate of drug-likeness (QED) is 0.0262. The number of allylic oxidation sites excluding steroid dienone is 22. The third-order valence-electron chi connectivity index (χ3n) is 11.6. The van der Waals surface area contributed by atoms with Gasteiger partial charge in [-0.3, -0.25) is 14.4 Å². The van der Waals surface area contributed by atoms with Gasteiger partial charge in [0.25, 0.3) is 0 Å². The second kappa shape index (κ2) is 58.1. The highest BCUT2D eigenvalue weighted by molar-refractivity contribution is 5.71. The second-order valence-corrected chi connectivity index (χ2v) is 18.5. The SMILES string of the molecule is CCCCC/C=C\C/C=C\C/C=C\C/C=C\C/C=C\CCC(=O)OC[C@H](COC(=O)CCCCCC/C=C\C/C=C\C/C=C\CCCCC)OC(=O)CCC/C=C\C/C=C\C/C=C\CCCCCCCC.